The van der Waals surface area contributed by atoms with E-state index in [4.69, 9.17) is 0 Å². The van der Waals surface area contributed by atoms with Gasteiger partial charge in [0, 0.05) is 30.1 Å². The van der Waals surface area contributed by atoms with Crippen LogP contribution in [0.25, 0.3) is 10.9 Å². The summed E-state index contributed by atoms with van der Waals surface area (Å²) in [6.45, 7) is 2.06. The molecule has 0 bridgehead atoms. The van der Waals surface area contributed by atoms with Gasteiger partial charge in [-0.1, -0.05) is 25.7 Å². The maximum atomic E-state index is 12.7. The lowest BCUT2D eigenvalue weighted by atomic mass is 10.1. The summed E-state index contributed by atoms with van der Waals surface area (Å²) in [7, 11) is 0. The quantitative estimate of drug-likeness (QED) is 0.867. The third-order valence-electron chi connectivity index (χ3n) is 5.47. The molecule has 1 aromatic heterocycles. The highest BCUT2D eigenvalue weighted by Gasteiger charge is 2.19. The normalized spacial score (nSPS) is 19.1. The SMILES string of the molecule is O=C(NC1CCCCCC1)c1ccc2ncnc(N3CCCC3)c2c1. The van der Waals surface area contributed by atoms with Crippen LogP contribution in [-0.2, 0) is 0 Å². The Balaban J connectivity index is 1.59. The summed E-state index contributed by atoms with van der Waals surface area (Å²) in [5.41, 5.74) is 1.62. The molecule has 1 saturated carbocycles. The summed E-state index contributed by atoms with van der Waals surface area (Å²) in [5, 5.41) is 4.22. The summed E-state index contributed by atoms with van der Waals surface area (Å²) in [6, 6.07) is 6.11. The van der Waals surface area contributed by atoms with Gasteiger partial charge >= 0.3 is 0 Å². The standard InChI is InChI=1S/C20H26N4O/c25-20(23-16-7-3-1-2-4-8-16)15-9-10-18-17(13-15)19(22-14-21-18)24-11-5-6-12-24/h9-10,13-14,16H,1-8,11-12H2,(H,23,25). The molecular weight excluding hydrogens is 312 g/mol. The van der Waals surface area contributed by atoms with Crippen molar-refractivity contribution in [2.75, 3.05) is 18.0 Å². The Morgan fingerprint density at radius 3 is 2.52 bits per heavy atom. The first-order valence-electron chi connectivity index (χ1n) is 9.62. The Bertz CT molecular complexity index is 746. The van der Waals surface area contributed by atoms with Crippen LogP contribution < -0.4 is 10.2 Å². The van der Waals surface area contributed by atoms with Crippen LogP contribution in [0.5, 0.6) is 0 Å². The largest absolute Gasteiger partial charge is 0.356 e. The Hall–Kier alpha value is -2.17. The number of carbonyl (C=O) groups excluding carboxylic acids is 1. The van der Waals surface area contributed by atoms with Gasteiger partial charge < -0.3 is 10.2 Å². The number of hydrogen-bond donors (Lipinski definition) is 1. The highest BCUT2D eigenvalue weighted by Crippen LogP contribution is 2.27. The summed E-state index contributed by atoms with van der Waals surface area (Å²) < 4.78 is 0. The molecule has 1 saturated heterocycles. The van der Waals surface area contributed by atoms with E-state index in [1.54, 1.807) is 6.33 Å². The van der Waals surface area contributed by atoms with E-state index in [2.05, 4.69) is 20.2 Å². The Labute approximate surface area is 148 Å². The van der Waals surface area contributed by atoms with E-state index in [9.17, 15) is 4.79 Å². The molecule has 4 rings (SSSR count). The summed E-state index contributed by atoms with van der Waals surface area (Å²) in [5.74, 6) is 0.997. The van der Waals surface area contributed by atoms with Crippen LogP contribution in [0, 0.1) is 0 Å². The molecule has 2 aliphatic rings. The first kappa shape index (κ1) is 16.3. The molecule has 0 radical (unpaired) electrons. The van der Waals surface area contributed by atoms with Crippen molar-refractivity contribution in [1.29, 1.82) is 0 Å². The molecule has 25 heavy (non-hydrogen) atoms. The predicted octanol–water partition coefficient (Wildman–Crippen LogP) is 3.68. The van der Waals surface area contributed by atoms with E-state index in [0.717, 1.165) is 42.7 Å². The number of fused-ring (bicyclic) bond motifs is 1. The smallest absolute Gasteiger partial charge is 0.251 e. The number of aromatic nitrogens is 2. The van der Waals surface area contributed by atoms with Gasteiger partial charge in [0.05, 0.1) is 5.52 Å². The van der Waals surface area contributed by atoms with E-state index in [1.165, 1.54) is 38.5 Å². The van der Waals surface area contributed by atoms with Gasteiger partial charge in [-0.15, -0.1) is 0 Å². The lowest BCUT2D eigenvalue weighted by molar-refractivity contribution is 0.0933. The van der Waals surface area contributed by atoms with Crippen LogP contribution in [-0.4, -0.2) is 35.0 Å². The van der Waals surface area contributed by atoms with Gasteiger partial charge in [0.1, 0.15) is 12.1 Å². The van der Waals surface area contributed by atoms with Gasteiger partial charge in [0.25, 0.3) is 5.91 Å². The highest BCUT2D eigenvalue weighted by molar-refractivity contribution is 6.00. The van der Waals surface area contributed by atoms with Crippen LogP contribution in [0.3, 0.4) is 0 Å². The van der Waals surface area contributed by atoms with Crippen molar-refractivity contribution in [1.82, 2.24) is 15.3 Å². The molecular formula is C20H26N4O. The lowest BCUT2D eigenvalue weighted by Gasteiger charge is -2.19. The fraction of sp³-hybridized carbons (Fsp3) is 0.550. The van der Waals surface area contributed by atoms with Gasteiger partial charge in [-0.25, -0.2) is 9.97 Å². The minimum absolute atomic E-state index is 0.0324. The molecule has 2 aromatic rings. The number of nitrogens with zero attached hydrogens (tertiary/aromatic N) is 3. The third kappa shape index (κ3) is 3.60. The molecule has 1 aromatic carbocycles. The van der Waals surface area contributed by atoms with Crippen LogP contribution in [0.15, 0.2) is 24.5 Å². The second-order valence-corrected chi connectivity index (χ2v) is 7.29. The van der Waals surface area contributed by atoms with Crippen molar-refractivity contribution in [3.63, 3.8) is 0 Å². The molecule has 1 aliphatic carbocycles. The molecule has 5 heteroatoms. The topological polar surface area (TPSA) is 58.1 Å². The molecule has 132 valence electrons. The molecule has 1 aliphatic heterocycles. The second-order valence-electron chi connectivity index (χ2n) is 7.29. The maximum Gasteiger partial charge on any atom is 0.251 e. The van der Waals surface area contributed by atoms with Gasteiger partial charge in [0.15, 0.2) is 0 Å². The van der Waals surface area contributed by atoms with Crippen molar-refractivity contribution in [3.8, 4) is 0 Å². The Kier molecular flexibility index (Phi) is 4.81. The molecule has 2 heterocycles. The molecule has 2 fully saturated rings. The molecule has 0 unspecified atom stereocenters. The number of nitrogens with one attached hydrogen (secondary N) is 1. The van der Waals surface area contributed by atoms with Gasteiger partial charge in [-0.2, -0.15) is 0 Å². The highest BCUT2D eigenvalue weighted by atomic mass is 16.1. The molecule has 1 amide bonds. The molecule has 0 atom stereocenters. The van der Waals surface area contributed by atoms with Crippen molar-refractivity contribution >= 4 is 22.6 Å². The summed E-state index contributed by atoms with van der Waals surface area (Å²) in [6.07, 6.45) is 11.2. The monoisotopic (exact) mass is 338 g/mol. The first-order valence-corrected chi connectivity index (χ1v) is 9.62. The van der Waals surface area contributed by atoms with Gasteiger partial charge in [-0.05, 0) is 43.9 Å². The number of hydrogen-bond acceptors (Lipinski definition) is 4. The van der Waals surface area contributed by atoms with Crippen molar-refractivity contribution < 1.29 is 4.79 Å². The van der Waals surface area contributed by atoms with Crippen LogP contribution in [0.1, 0.15) is 61.7 Å². The molecule has 0 spiro atoms. The van der Waals surface area contributed by atoms with E-state index >= 15 is 0 Å². The van der Waals surface area contributed by atoms with E-state index in [0.29, 0.717) is 11.6 Å². The number of rotatable bonds is 3. The zero-order valence-corrected chi connectivity index (χ0v) is 14.7. The fourth-order valence-electron chi connectivity index (χ4n) is 4.06. The van der Waals surface area contributed by atoms with Crippen LogP contribution in [0.4, 0.5) is 5.82 Å². The van der Waals surface area contributed by atoms with E-state index in [1.807, 2.05) is 18.2 Å². The minimum Gasteiger partial charge on any atom is -0.356 e. The molecule has 1 N–H and O–H groups in total. The van der Waals surface area contributed by atoms with Crippen molar-refractivity contribution in [2.45, 2.75) is 57.4 Å². The van der Waals surface area contributed by atoms with E-state index in [-0.39, 0.29) is 5.91 Å². The van der Waals surface area contributed by atoms with Gasteiger partial charge in [-0.3, -0.25) is 4.79 Å². The zero-order valence-electron chi connectivity index (χ0n) is 14.7. The number of amides is 1. The molecule has 5 nitrogen and oxygen atoms in total. The van der Waals surface area contributed by atoms with Crippen LogP contribution in [0.2, 0.25) is 0 Å². The average molecular weight is 338 g/mol. The summed E-state index contributed by atoms with van der Waals surface area (Å²) >= 11 is 0. The number of anilines is 1. The lowest BCUT2D eigenvalue weighted by Crippen LogP contribution is -2.34. The third-order valence-corrected chi connectivity index (χ3v) is 5.47. The fourth-order valence-corrected chi connectivity index (χ4v) is 4.06. The first-order chi connectivity index (χ1) is 12.3. The van der Waals surface area contributed by atoms with E-state index < -0.39 is 0 Å². The predicted molar refractivity (Wildman–Crippen MR) is 99.9 cm³/mol. The summed E-state index contributed by atoms with van der Waals surface area (Å²) in [4.78, 5) is 23.9. The van der Waals surface area contributed by atoms with Gasteiger partial charge in [0.2, 0.25) is 0 Å². The number of benzene rings is 1. The Morgan fingerprint density at radius 1 is 1.00 bits per heavy atom. The Morgan fingerprint density at radius 2 is 1.76 bits per heavy atom. The van der Waals surface area contributed by atoms with Crippen LogP contribution >= 0.6 is 0 Å². The minimum atomic E-state index is 0.0324. The zero-order chi connectivity index (χ0) is 17.1. The van der Waals surface area contributed by atoms with Crippen molar-refractivity contribution in [2.24, 2.45) is 0 Å². The average Bonchev–Trinajstić information content (AvgIpc) is 3.06. The second kappa shape index (κ2) is 7.38. The number of carbonyl (C=O) groups is 1. The van der Waals surface area contributed by atoms with Crippen molar-refractivity contribution in [3.05, 3.63) is 30.1 Å². The maximum absolute atomic E-state index is 12.7.